The Kier molecular flexibility index (Phi) is 5.21. The van der Waals surface area contributed by atoms with Crippen molar-refractivity contribution in [1.82, 2.24) is 0 Å². The molecule has 0 heterocycles. The zero-order valence-corrected chi connectivity index (χ0v) is 12.3. The first kappa shape index (κ1) is 15.0. The van der Waals surface area contributed by atoms with Crippen molar-refractivity contribution in [1.29, 1.82) is 0 Å². The Labute approximate surface area is 111 Å². The molecule has 18 heavy (non-hydrogen) atoms. The number of ether oxygens (including phenoxy) is 1. The number of rotatable bonds is 5. The van der Waals surface area contributed by atoms with Crippen LogP contribution in [0.3, 0.4) is 0 Å². The third kappa shape index (κ3) is 3.74. The maximum absolute atomic E-state index is 8.88. The Balaban J connectivity index is 3.07. The average molecular weight is 250 g/mol. The van der Waals surface area contributed by atoms with Gasteiger partial charge in [0, 0.05) is 6.61 Å². The van der Waals surface area contributed by atoms with E-state index in [-0.39, 0.29) is 12.0 Å². The summed E-state index contributed by atoms with van der Waals surface area (Å²) >= 11 is 0. The maximum Gasteiger partial charge on any atom is 0.124 e. The van der Waals surface area contributed by atoms with Gasteiger partial charge in [-0.1, -0.05) is 32.9 Å². The van der Waals surface area contributed by atoms with Gasteiger partial charge in [0.15, 0.2) is 0 Å². The minimum atomic E-state index is 0.156. The normalized spacial score (nSPS) is 11.7. The minimum Gasteiger partial charge on any atom is -0.496 e. The first-order valence-corrected chi connectivity index (χ1v) is 6.69. The zero-order valence-electron chi connectivity index (χ0n) is 12.3. The van der Waals surface area contributed by atoms with Crippen LogP contribution in [0.5, 0.6) is 5.75 Å². The predicted octanol–water partition coefficient (Wildman–Crippen LogP) is 3.62. The van der Waals surface area contributed by atoms with Gasteiger partial charge in [-0.15, -0.1) is 0 Å². The van der Waals surface area contributed by atoms with Crippen LogP contribution >= 0.6 is 0 Å². The fourth-order valence-corrected chi connectivity index (χ4v) is 2.19. The number of hydrogen-bond acceptors (Lipinski definition) is 2. The lowest BCUT2D eigenvalue weighted by Crippen LogP contribution is -2.12. The second-order valence-electron chi connectivity index (χ2n) is 5.92. The molecule has 0 radical (unpaired) electrons. The molecule has 0 saturated heterocycles. The number of aliphatic hydroxyl groups is 1. The molecule has 1 aromatic carbocycles. The van der Waals surface area contributed by atoms with Crippen LogP contribution in [0.4, 0.5) is 0 Å². The highest BCUT2D eigenvalue weighted by Gasteiger charge is 2.17. The van der Waals surface area contributed by atoms with E-state index in [1.807, 2.05) is 0 Å². The van der Waals surface area contributed by atoms with Crippen molar-refractivity contribution < 1.29 is 9.84 Å². The second-order valence-corrected chi connectivity index (χ2v) is 5.92. The van der Waals surface area contributed by atoms with E-state index < -0.39 is 0 Å². The summed E-state index contributed by atoms with van der Waals surface area (Å²) in [5, 5.41) is 8.88. The Morgan fingerprint density at radius 1 is 1.17 bits per heavy atom. The third-order valence-corrected chi connectivity index (χ3v) is 3.28. The van der Waals surface area contributed by atoms with E-state index in [1.54, 1.807) is 7.11 Å². The molecule has 0 aromatic heterocycles. The van der Waals surface area contributed by atoms with Gasteiger partial charge in [0.2, 0.25) is 0 Å². The number of aliphatic hydroxyl groups excluding tert-OH is 1. The first-order valence-electron chi connectivity index (χ1n) is 6.69. The van der Waals surface area contributed by atoms with Crippen LogP contribution < -0.4 is 4.74 Å². The van der Waals surface area contributed by atoms with Crippen molar-refractivity contribution in [3.05, 3.63) is 28.8 Å². The van der Waals surface area contributed by atoms with Crippen molar-refractivity contribution in [3.63, 3.8) is 0 Å². The van der Waals surface area contributed by atoms with E-state index in [1.165, 1.54) is 16.7 Å². The number of hydrogen-bond donors (Lipinski definition) is 1. The summed E-state index contributed by atoms with van der Waals surface area (Å²) in [4.78, 5) is 0. The highest BCUT2D eigenvalue weighted by Crippen LogP contribution is 2.32. The van der Waals surface area contributed by atoms with E-state index in [0.29, 0.717) is 0 Å². The van der Waals surface area contributed by atoms with E-state index in [4.69, 9.17) is 9.84 Å². The SMILES string of the molecule is COc1c(C)cc(C(C)(C)C)cc1CCCCO. The fourth-order valence-electron chi connectivity index (χ4n) is 2.19. The molecule has 0 bridgehead atoms. The molecule has 0 amide bonds. The summed E-state index contributed by atoms with van der Waals surface area (Å²) in [5.41, 5.74) is 3.96. The van der Waals surface area contributed by atoms with Crippen molar-refractivity contribution in [2.24, 2.45) is 0 Å². The molecule has 2 heteroatoms. The van der Waals surface area contributed by atoms with Crippen LogP contribution in [0.2, 0.25) is 0 Å². The van der Waals surface area contributed by atoms with E-state index in [0.717, 1.165) is 25.0 Å². The maximum atomic E-state index is 8.88. The Morgan fingerprint density at radius 3 is 2.33 bits per heavy atom. The predicted molar refractivity (Wildman–Crippen MR) is 76.5 cm³/mol. The summed E-state index contributed by atoms with van der Waals surface area (Å²) in [6.07, 6.45) is 2.82. The molecular formula is C16H26O2. The van der Waals surface area contributed by atoms with Gasteiger partial charge in [0.1, 0.15) is 5.75 Å². The second kappa shape index (κ2) is 6.24. The number of benzene rings is 1. The molecule has 1 N–H and O–H groups in total. The van der Waals surface area contributed by atoms with Crippen LogP contribution in [0.15, 0.2) is 12.1 Å². The molecule has 0 unspecified atom stereocenters. The molecule has 0 aliphatic rings. The fraction of sp³-hybridized carbons (Fsp3) is 0.625. The molecule has 0 atom stereocenters. The summed E-state index contributed by atoms with van der Waals surface area (Å²) in [7, 11) is 1.73. The third-order valence-electron chi connectivity index (χ3n) is 3.28. The van der Waals surface area contributed by atoms with E-state index in [2.05, 4.69) is 39.8 Å². The van der Waals surface area contributed by atoms with Crippen molar-refractivity contribution >= 4 is 0 Å². The highest BCUT2D eigenvalue weighted by molar-refractivity contribution is 5.46. The van der Waals surface area contributed by atoms with Gasteiger partial charge < -0.3 is 9.84 Å². The monoisotopic (exact) mass is 250 g/mol. The number of unbranched alkanes of at least 4 members (excludes halogenated alkanes) is 1. The van der Waals surface area contributed by atoms with Gasteiger partial charge in [0.25, 0.3) is 0 Å². The minimum absolute atomic E-state index is 0.156. The molecule has 2 nitrogen and oxygen atoms in total. The summed E-state index contributed by atoms with van der Waals surface area (Å²) in [5.74, 6) is 1.00. The van der Waals surface area contributed by atoms with Crippen molar-refractivity contribution in [3.8, 4) is 5.75 Å². The van der Waals surface area contributed by atoms with Gasteiger partial charge in [-0.25, -0.2) is 0 Å². The molecule has 1 aromatic rings. The van der Waals surface area contributed by atoms with E-state index in [9.17, 15) is 0 Å². The van der Waals surface area contributed by atoms with Gasteiger partial charge in [-0.3, -0.25) is 0 Å². The summed E-state index contributed by atoms with van der Waals surface area (Å²) in [6.45, 7) is 9.05. The van der Waals surface area contributed by atoms with Gasteiger partial charge in [0.05, 0.1) is 7.11 Å². The molecular weight excluding hydrogens is 224 g/mol. The zero-order chi connectivity index (χ0) is 13.8. The lowest BCUT2D eigenvalue weighted by Gasteiger charge is -2.22. The molecule has 0 saturated carbocycles. The molecule has 102 valence electrons. The first-order chi connectivity index (χ1) is 8.40. The highest BCUT2D eigenvalue weighted by atomic mass is 16.5. The molecule has 0 spiro atoms. The average Bonchev–Trinajstić information content (AvgIpc) is 2.27. The lowest BCUT2D eigenvalue weighted by atomic mass is 9.84. The van der Waals surface area contributed by atoms with Gasteiger partial charge in [-0.05, 0) is 48.3 Å². The van der Waals surface area contributed by atoms with Crippen LogP contribution in [0.25, 0.3) is 0 Å². The standard InChI is InChI=1S/C16H26O2/c1-12-10-14(16(2,3)4)11-13(15(12)18-5)8-6-7-9-17/h10-11,17H,6-9H2,1-5H3. The number of aryl methyl sites for hydroxylation is 2. The topological polar surface area (TPSA) is 29.5 Å². The quantitative estimate of drug-likeness (QED) is 0.809. The largest absolute Gasteiger partial charge is 0.496 e. The van der Waals surface area contributed by atoms with Crippen LogP contribution in [0.1, 0.15) is 50.3 Å². The number of methoxy groups -OCH3 is 1. The van der Waals surface area contributed by atoms with Crippen LogP contribution in [-0.4, -0.2) is 18.8 Å². The van der Waals surface area contributed by atoms with Crippen molar-refractivity contribution in [2.45, 2.75) is 52.4 Å². The summed E-state index contributed by atoms with van der Waals surface area (Å²) in [6, 6.07) is 4.47. The van der Waals surface area contributed by atoms with Gasteiger partial charge >= 0.3 is 0 Å². The smallest absolute Gasteiger partial charge is 0.124 e. The molecule has 0 aliphatic heterocycles. The van der Waals surface area contributed by atoms with Crippen LogP contribution in [-0.2, 0) is 11.8 Å². The van der Waals surface area contributed by atoms with Crippen molar-refractivity contribution in [2.75, 3.05) is 13.7 Å². The molecule has 1 rings (SSSR count). The molecule has 0 fully saturated rings. The Hall–Kier alpha value is -1.02. The van der Waals surface area contributed by atoms with Gasteiger partial charge in [-0.2, -0.15) is 0 Å². The van der Waals surface area contributed by atoms with Crippen LogP contribution in [0, 0.1) is 6.92 Å². The lowest BCUT2D eigenvalue weighted by molar-refractivity contribution is 0.284. The Bertz CT molecular complexity index is 389. The molecule has 0 aliphatic carbocycles. The Morgan fingerprint density at radius 2 is 1.83 bits per heavy atom. The summed E-state index contributed by atoms with van der Waals surface area (Å²) < 4.78 is 5.51. The van der Waals surface area contributed by atoms with E-state index >= 15 is 0 Å².